The fourth-order valence-electron chi connectivity index (χ4n) is 2.54. The molecule has 0 fully saturated rings. The number of hydrogen-bond acceptors (Lipinski definition) is 2. The zero-order valence-corrected chi connectivity index (χ0v) is 13.3. The van der Waals surface area contributed by atoms with Crippen molar-refractivity contribution in [3.05, 3.63) is 57.6 Å². The maximum atomic E-state index is 12.3. The van der Waals surface area contributed by atoms with E-state index in [0.717, 1.165) is 27.9 Å². The number of anilines is 1. The number of fused-ring (bicyclic) bond motifs is 1. The van der Waals surface area contributed by atoms with E-state index in [0.29, 0.717) is 5.56 Å². The highest BCUT2D eigenvalue weighted by Crippen LogP contribution is 2.26. The maximum absolute atomic E-state index is 12.3. The van der Waals surface area contributed by atoms with Gasteiger partial charge in [0.25, 0.3) is 5.91 Å². The third-order valence-corrected chi connectivity index (χ3v) is 4.52. The van der Waals surface area contributed by atoms with E-state index in [-0.39, 0.29) is 5.91 Å². The molecule has 0 aromatic heterocycles. The number of carbonyl (C=O) groups excluding carboxylic acids is 1. The average molecular weight is 348 g/mol. The Morgan fingerprint density at radius 3 is 2.75 bits per heavy atom. The summed E-state index contributed by atoms with van der Waals surface area (Å²) in [6, 6.07) is 11.6. The van der Waals surface area contributed by atoms with Gasteiger partial charge in [0, 0.05) is 15.1 Å². The Balaban J connectivity index is 1.84. The molecule has 2 aromatic carbocycles. The Morgan fingerprint density at radius 1 is 1.10 bits per heavy atom. The number of thiol groups is 1. The van der Waals surface area contributed by atoms with Gasteiger partial charge in [0.2, 0.25) is 0 Å². The van der Waals surface area contributed by atoms with E-state index in [1.54, 1.807) is 6.07 Å². The topological polar surface area (TPSA) is 29.1 Å². The molecule has 0 heterocycles. The second-order valence-electron chi connectivity index (χ2n) is 4.96. The van der Waals surface area contributed by atoms with E-state index in [9.17, 15) is 4.79 Å². The number of amides is 1. The zero-order valence-electron chi connectivity index (χ0n) is 10.8. The van der Waals surface area contributed by atoms with Gasteiger partial charge < -0.3 is 5.32 Å². The summed E-state index contributed by atoms with van der Waals surface area (Å²) in [5.41, 5.74) is 4.21. The van der Waals surface area contributed by atoms with E-state index < -0.39 is 0 Å². The maximum Gasteiger partial charge on any atom is 0.256 e. The third kappa shape index (κ3) is 2.76. The van der Waals surface area contributed by atoms with E-state index in [4.69, 9.17) is 0 Å². The largest absolute Gasteiger partial charge is 0.322 e. The first-order chi connectivity index (χ1) is 9.63. The highest BCUT2D eigenvalue weighted by atomic mass is 79.9. The number of hydrogen-bond donors (Lipinski definition) is 2. The summed E-state index contributed by atoms with van der Waals surface area (Å²) >= 11 is 7.67. The van der Waals surface area contributed by atoms with Gasteiger partial charge in [0.15, 0.2) is 0 Å². The highest BCUT2D eigenvalue weighted by molar-refractivity contribution is 9.10. The van der Waals surface area contributed by atoms with Gasteiger partial charge in [-0.3, -0.25) is 4.79 Å². The molecule has 0 saturated carbocycles. The van der Waals surface area contributed by atoms with E-state index >= 15 is 0 Å². The van der Waals surface area contributed by atoms with Crippen LogP contribution in [0.15, 0.2) is 45.8 Å². The van der Waals surface area contributed by atoms with Crippen molar-refractivity contribution >= 4 is 40.2 Å². The molecular formula is C16H14BrNOS. The van der Waals surface area contributed by atoms with E-state index in [1.165, 1.54) is 17.5 Å². The monoisotopic (exact) mass is 347 g/mol. The van der Waals surface area contributed by atoms with Crippen LogP contribution < -0.4 is 5.32 Å². The van der Waals surface area contributed by atoms with Crippen LogP contribution in [-0.2, 0) is 12.8 Å². The highest BCUT2D eigenvalue weighted by Gasteiger charge is 2.14. The van der Waals surface area contributed by atoms with Crippen LogP contribution in [0.25, 0.3) is 0 Å². The Kier molecular flexibility index (Phi) is 3.85. The second-order valence-corrected chi connectivity index (χ2v) is 6.33. The molecule has 0 atom stereocenters. The Hall–Kier alpha value is -1.26. The zero-order chi connectivity index (χ0) is 14.1. The first kappa shape index (κ1) is 13.7. The molecule has 2 nitrogen and oxygen atoms in total. The number of rotatable bonds is 2. The van der Waals surface area contributed by atoms with Crippen LogP contribution in [0.1, 0.15) is 27.9 Å². The van der Waals surface area contributed by atoms with Crippen molar-refractivity contribution < 1.29 is 4.79 Å². The lowest BCUT2D eigenvalue weighted by Crippen LogP contribution is -2.12. The van der Waals surface area contributed by atoms with Gasteiger partial charge in [-0.25, -0.2) is 0 Å². The van der Waals surface area contributed by atoms with Crippen molar-refractivity contribution in [2.75, 3.05) is 5.32 Å². The minimum absolute atomic E-state index is 0.120. The van der Waals surface area contributed by atoms with E-state index in [1.807, 2.05) is 18.2 Å². The number of carbonyl (C=O) groups is 1. The van der Waals surface area contributed by atoms with Gasteiger partial charge in [-0.2, -0.15) is 0 Å². The summed E-state index contributed by atoms with van der Waals surface area (Å²) in [4.78, 5) is 13.1. The molecule has 1 aliphatic carbocycles. The second kappa shape index (κ2) is 5.62. The molecule has 1 aliphatic rings. The van der Waals surface area contributed by atoms with Crippen LogP contribution in [-0.4, -0.2) is 5.91 Å². The van der Waals surface area contributed by atoms with Crippen LogP contribution >= 0.6 is 28.6 Å². The summed E-state index contributed by atoms with van der Waals surface area (Å²) < 4.78 is 0.772. The standard InChI is InChI=1S/C16H14BrNOS/c17-15-7-6-13(20)9-14(15)16(19)18-12-5-4-10-2-1-3-11(10)8-12/h4-9,20H,1-3H2,(H,18,19). The van der Waals surface area contributed by atoms with Crippen LogP contribution in [0.3, 0.4) is 0 Å². The predicted molar refractivity (Wildman–Crippen MR) is 87.8 cm³/mol. The quantitative estimate of drug-likeness (QED) is 0.770. The molecule has 0 unspecified atom stereocenters. The summed E-state index contributed by atoms with van der Waals surface area (Å²) in [6.07, 6.45) is 3.46. The summed E-state index contributed by atoms with van der Waals surface area (Å²) in [5, 5.41) is 2.95. The Labute approximate surface area is 132 Å². The first-order valence-electron chi connectivity index (χ1n) is 6.55. The lowest BCUT2D eigenvalue weighted by molar-refractivity contribution is 0.102. The molecule has 20 heavy (non-hydrogen) atoms. The molecule has 2 aromatic rings. The molecule has 1 N–H and O–H groups in total. The molecule has 0 bridgehead atoms. The molecular weight excluding hydrogens is 334 g/mol. The van der Waals surface area contributed by atoms with Crippen LogP contribution in [0.2, 0.25) is 0 Å². The molecule has 0 aliphatic heterocycles. The summed E-state index contributed by atoms with van der Waals surface area (Å²) in [6.45, 7) is 0. The first-order valence-corrected chi connectivity index (χ1v) is 7.79. The van der Waals surface area contributed by atoms with Crippen molar-refractivity contribution in [1.82, 2.24) is 0 Å². The van der Waals surface area contributed by atoms with Gasteiger partial charge >= 0.3 is 0 Å². The molecule has 4 heteroatoms. The van der Waals surface area contributed by atoms with Crippen molar-refractivity contribution in [3.63, 3.8) is 0 Å². The minimum atomic E-state index is -0.120. The molecule has 0 radical (unpaired) electrons. The van der Waals surface area contributed by atoms with Crippen LogP contribution in [0.4, 0.5) is 5.69 Å². The van der Waals surface area contributed by atoms with Gasteiger partial charge in [0.05, 0.1) is 5.56 Å². The molecule has 0 spiro atoms. The van der Waals surface area contributed by atoms with Crippen LogP contribution in [0.5, 0.6) is 0 Å². The number of nitrogens with one attached hydrogen (secondary N) is 1. The van der Waals surface area contributed by atoms with Gasteiger partial charge in [-0.05, 0) is 76.7 Å². The van der Waals surface area contributed by atoms with Crippen molar-refractivity contribution in [2.24, 2.45) is 0 Å². The predicted octanol–water partition coefficient (Wildman–Crippen LogP) is 4.48. The Morgan fingerprint density at radius 2 is 1.90 bits per heavy atom. The van der Waals surface area contributed by atoms with Crippen molar-refractivity contribution in [1.29, 1.82) is 0 Å². The van der Waals surface area contributed by atoms with Crippen molar-refractivity contribution in [2.45, 2.75) is 24.2 Å². The third-order valence-electron chi connectivity index (χ3n) is 3.55. The van der Waals surface area contributed by atoms with Crippen molar-refractivity contribution in [3.8, 4) is 0 Å². The molecule has 0 saturated heterocycles. The molecule has 3 rings (SSSR count). The summed E-state index contributed by atoms with van der Waals surface area (Å²) in [7, 11) is 0. The minimum Gasteiger partial charge on any atom is -0.322 e. The fraction of sp³-hybridized carbons (Fsp3) is 0.188. The number of benzene rings is 2. The molecule has 1 amide bonds. The number of aryl methyl sites for hydroxylation is 2. The smallest absolute Gasteiger partial charge is 0.256 e. The fourth-order valence-corrected chi connectivity index (χ4v) is 3.17. The lowest BCUT2D eigenvalue weighted by atomic mass is 10.1. The summed E-state index contributed by atoms with van der Waals surface area (Å²) in [5.74, 6) is -0.120. The molecule has 102 valence electrons. The normalized spacial score (nSPS) is 13.1. The Bertz CT molecular complexity index is 684. The van der Waals surface area contributed by atoms with Gasteiger partial charge in [0.1, 0.15) is 0 Å². The lowest BCUT2D eigenvalue weighted by Gasteiger charge is -2.09. The SMILES string of the molecule is O=C(Nc1ccc2c(c1)CCC2)c1cc(S)ccc1Br. The number of halogens is 1. The van der Waals surface area contributed by atoms with E-state index in [2.05, 4.69) is 46.0 Å². The average Bonchev–Trinajstić information content (AvgIpc) is 2.89. The van der Waals surface area contributed by atoms with Gasteiger partial charge in [-0.15, -0.1) is 12.6 Å². The van der Waals surface area contributed by atoms with Gasteiger partial charge in [-0.1, -0.05) is 6.07 Å². The van der Waals surface area contributed by atoms with Crippen LogP contribution in [0, 0.1) is 0 Å².